The number of benzene rings is 2. The molecule has 3 N–H and O–H groups in total. The Bertz CT molecular complexity index is 482. The maximum Gasteiger partial charge on any atom is 0.0481 e. The summed E-state index contributed by atoms with van der Waals surface area (Å²) in [5.74, 6) is 5.59. The van der Waals surface area contributed by atoms with Crippen LogP contribution in [0.1, 0.15) is 18.0 Å². The number of nitrogens with one attached hydrogen (secondary N) is 1. The van der Waals surface area contributed by atoms with Crippen molar-refractivity contribution in [1.82, 2.24) is 5.43 Å². The van der Waals surface area contributed by atoms with Crippen LogP contribution in [-0.2, 0) is 4.74 Å². The highest BCUT2D eigenvalue weighted by Crippen LogP contribution is 2.22. The van der Waals surface area contributed by atoms with Crippen LogP contribution >= 0.6 is 0 Å². The van der Waals surface area contributed by atoms with E-state index in [2.05, 4.69) is 41.8 Å². The molecule has 0 aliphatic carbocycles. The van der Waals surface area contributed by atoms with Crippen molar-refractivity contribution in [1.29, 1.82) is 0 Å². The highest BCUT2D eigenvalue weighted by molar-refractivity contribution is 5.63. The summed E-state index contributed by atoms with van der Waals surface area (Å²) in [7, 11) is 1.70. The average Bonchev–Trinajstić information content (AvgIpc) is 2.49. The normalized spacial score (nSPS) is 12.3. The molecule has 0 spiro atoms. The van der Waals surface area contributed by atoms with Gasteiger partial charge in [-0.2, -0.15) is 0 Å². The fraction of sp³-hybridized carbons (Fsp3) is 0.250. The van der Waals surface area contributed by atoms with Gasteiger partial charge in [-0.1, -0.05) is 54.6 Å². The Morgan fingerprint density at radius 3 is 2.21 bits per heavy atom. The lowest BCUT2D eigenvalue weighted by Crippen LogP contribution is -2.28. The van der Waals surface area contributed by atoms with Gasteiger partial charge in [0.2, 0.25) is 0 Å². The fourth-order valence-corrected chi connectivity index (χ4v) is 2.12. The minimum Gasteiger partial charge on any atom is -0.385 e. The van der Waals surface area contributed by atoms with Gasteiger partial charge in [0.05, 0.1) is 0 Å². The van der Waals surface area contributed by atoms with E-state index in [1.54, 1.807) is 7.11 Å². The monoisotopic (exact) mass is 256 g/mol. The zero-order valence-corrected chi connectivity index (χ0v) is 11.2. The van der Waals surface area contributed by atoms with Crippen LogP contribution in [0, 0.1) is 0 Å². The first kappa shape index (κ1) is 13.7. The molecule has 0 amide bonds. The molecular weight excluding hydrogens is 236 g/mol. The standard InChI is InChI=1S/C16H20N2O/c1-19-12-11-16(18-17)15-9-7-14(8-10-15)13-5-3-2-4-6-13/h2-10,16,18H,11-12,17H2,1H3. The molecule has 0 aliphatic heterocycles. The van der Waals surface area contributed by atoms with Gasteiger partial charge in [-0.25, -0.2) is 0 Å². The van der Waals surface area contributed by atoms with E-state index in [-0.39, 0.29) is 6.04 Å². The van der Waals surface area contributed by atoms with Crippen molar-refractivity contribution in [3.8, 4) is 11.1 Å². The van der Waals surface area contributed by atoms with Gasteiger partial charge in [0.25, 0.3) is 0 Å². The van der Waals surface area contributed by atoms with Crippen LogP contribution in [-0.4, -0.2) is 13.7 Å². The van der Waals surface area contributed by atoms with Gasteiger partial charge in [0.15, 0.2) is 0 Å². The third-order valence-electron chi connectivity index (χ3n) is 3.23. The summed E-state index contributed by atoms with van der Waals surface area (Å²) >= 11 is 0. The van der Waals surface area contributed by atoms with Gasteiger partial charge in [-0.15, -0.1) is 0 Å². The second-order valence-corrected chi connectivity index (χ2v) is 4.49. The number of hydrogen-bond acceptors (Lipinski definition) is 3. The number of hydrogen-bond donors (Lipinski definition) is 2. The maximum atomic E-state index is 5.59. The van der Waals surface area contributed by atoms with E-state index in [9.17, 15) is 0 Å². The van der Waals surface area contributed by atoms with Gasteiger partial charge in [0.1, 0.15) is 0 Å². The molecule has 0 saturated carbocycles. The van der Waals surface area contributed by atoms with E-state index in [4.69, 9.17) is 10.6 Å². The average molecular weight is 256 g/mol. The summed E-state index contributed by atoms with van der Waals surface area (Å²) in [5.41, 5.74) is 6.45. The van der Waals surface area contributed by atoms with Gasteiger partial charge in [0, 0.05) is 19.8 Å². The van der Waals surface area contributed by atoms with Crippen LogP contribution < -0.4 is 11.3 Å². The van der Waals surface area contributed by atoms with Crippen LogP contribution in [0.5, 0.6) is 0 Å². The minimum atomic E-state index is 0.129. The Morgan fingerprint density at radius 2 is 1.63 bits per heavy atom. The number of methoxy groups -OCH3 is 1. The predicted octanol–water partition coefficient (Wildman–Crippen LogP) is 2.89. The molecule has 0 fully saturated rings. The van der Waals surface area contributed by atoms with E-state index >= 15 is 0 Å². The van der Waals surface area contributed by atoms with E-state index in [1.165, 1.54) is 16.7 Å². The summed E-state index contributed by atoms with van der Waals surface area (Å²) < 4.78 is 5.09. The first-order valence-electron chi connectivity index (χ1n) is 6.45. The molecule has 100 valence electrons. The van der Waals surface area contributed by atoms with Gasteiger partial charge in [-0.05, 0) is 23.1 Å². The first-order chi connectivity index (χ1) is 9.35. The van der Waals surface area contributed by atoms with Crippen molar-refractivity contribution in [2.45, 2.75) is 12.5 Å². The van der Waals surface area contributed by atoms with E-state index in [1.807, 2.05) is 18.2 Å². The lowest BCUT2D eigenvalue weighted by Gasteiger charge is -2.16. The molecule has 0 heterocycles. The Balaban J connectivity index is 2.13. The van der Waals surface area contributed by atoms with Crippen LogP contribution in [0.15, 0.2) is 54.6 Å². The summed E-state index contributed by atoms with van der Waals surface area (Å²) in [5, 5.41) is 0. The maximum absolute atomic E-state index is 5.59. The fourth-order valence-electron chi connectivity index (χ4n) is 2.12. The number of nitrogens with two attached hydrogens (primary N) is 1. The van der Waals surface area contributed by atoms with Crippen molar-refractivity contribution >= 4 is 0 Å². The van der Waals surface area contributed by atoms with Gasteiger partial charge >= 0.3 is 0 Å². The third kappa shape index (κ3) is 3.64. The van der Waals surface area contributed by atoms with E-state index < -0.39 is 0 Å². The lowest BCUT2D eigenvalue weighted by atomic mass is 10.00. The molecule has 1 atom stereocenters. The van der Waals surface area contributed by atoms with Crippen LogP contribution in [0.3, 0.4) is 0 Å². The first-order valence-corrected chi connectivity index (χ1v) is 6.45. The van der Waals surface area contributed by atoms with E-state index in [0.29, 0.717) is 6.61 Å². The molecule has 1 unspecified atom stereocenters. The number of ether oxygens (including phenoxy) is 1. The Morgan fingerprint density at radius 1 is 1.00 bits per heavy atom. The zero-order valence-electron chi connectivity index (χ0n) is 11.2. The molecule has 0 aromatic heterocycles. The summed E-state index contributed by atoms with van der Waals surface area (Å²) in [6.45, 7) is 0.690. The molecule has 19 heavy (non-hydrogen) atoms. The topological polar surface area (TPSA) is 47.3 Å². The van der Waals surface area contributed by atoms with Crippen LogP contribution in [0.25, 0.3) is 11.1 Å². The molecule has 2 aromatic rings. The molecular formula is C16H20N2O. The summed E-state index contributed by atoms with van der Waals surface area (Å²) in [6.07, 6.45) is 0.859. The second-order valence-electron chi connectivity index (χ2n) is 4.49. The molecule has 0 bridgehead atoms. The zero-order chi connectivity index (χ0) is 13.5. The molecule has 0 radical (unpaired) electrons. The quantitative estimate of drug-likeness (QED) is 0.617. The minimum absolute atomic E-state index is 0.129. The Hall–Kier alpha value is -1.68. The third-order valence-corrected chi connectivity index (χ3v) is 3.23. The van der Waals surface area contributed by atoms with E-state index in [0.717, 1.165) is 6.42 Å². The van der Waals surface area contributed by atoms with Crippen LogP contribution in [0.4, 0.5) is 0 Å². The highest BCUT2D eigenvalue weighted by Gasteiger charge is 2.09. The van der Waals surface area contributed by atoms with Crippen molar-refractivity contribution in [2.24, 2.45) is 5.84 Å². The van der Waals surface area contributed by atoms with Crippen molar-refractivity contribution in [3.63, 3.8) is 0 Å². The SMILES string of the molecule is COCCC(NN)c1ccc(-c2ccccc2)cc1. The summed E-state index contributed by atoms with van der Waals surface area (Å²) in [4.78, 5) is 0. The lowest BCUT2D eigenvalue weighted by molar-refractivity contribution is 0.183. The summed E-state index contributed by atoms with van der Waals surface area (Å²) in [6, 6.07) is 18.9. The largest absolute Gasteiger partial charge is 0.385 e. The molecule has 0 saturated heterocycles. The number of rotatable bonds is 6. The van der Waals surface area contributed by atoms with Gasteiger partial charge in [-0.3, -0.25) is 11.3 Å². The van der Waals surface area contributed by atoms with Crippen molar-refractivity contribution in [2.75, 3.05) is 13.7 Å². The molecule has 3 nitrogen and oxygen atoms in total. The predicted molar refractivity (Wildman–Crippen MR) is 78.4 cm³/mol. The Labute approximate surface area is 114 Å². The van der Waals surface area contributed by atoms with Crippen LogP contribution in [0.2, 0.25) is 0 Å². The highest BCUT2D eigenvalue weighted by atomic mass is 16.5. The smallest absolute Gasteiger partial charge is 0.0481 e. The number of hydrazine groups is 1. The van der Waals surface area contributed by atoms with Gasteiger partial charge < -0.3 is 4.74 Å². The van der Waals surface area contributed by atoms with Crippen molar-refractivity contribution in [3.05, 3.63) is 60.2 Å². The molecule has 3 heteroatoms. The Kier molecular flexibility index (Phi) is 5.10. The molecule has 0 aliphatic rings. The second kappa shape index (κ2) is 7.04. The molecule has 2 aromatic carbocycles. The van der Waals surface area contributed by atoms with Crippen molar-refractivity contribution < 1.29 is 4.74 Å². The molecule has 2 rings (SSSR count).